The van der Waals surface area contributed by atoms with Crippen LogP contribution in [0, 0.1) is 11.8 Å². The van der Waals surface area contributed by atoms with Crippen LogP contribution in [0.3, 0.4) is 0 Å². The SMILES string of the molecule is C.CN(C)[C@H](CN)Cc1ccc(C(N)=O)cc1Cl.CN(C)[C@H](CNC(=O)[C@@H]1C[C@]1(C)c1ccccc1)Cc1ccc(C(N)=O)cc1Cl.C[C@]1(c2ccccc2)C[C@H]1C(=O)O. The lowest BCUT2D eigenvalue weighted by Gasteiger charge is -2.25. The minimum absolute atomic E-state index is 0. The summed E-state index contributed by atoms with van der Waals surface area (Å²) in [5.41, 5.74) is 21.1. The van der Waals surface area contributed by atoms with Gasteiger partial charge in [-0.1, -0.05) is 117 Å². The van der Waals surface area contributed by atoms with E-state index in [2.05, 4.69) is 34.2 Å². The van der Waals surface area contributed by atoms with E-state index < -0.39 is 17.8 Å². The van der Waals surface area contributed by atoms with Crippen LogP contribution >= 0.6 is 23.2 Å². The summed E-state index contributed by atoms with van der Waals surface area (Å²) in [6, 6.07) is 30.6. The molecule has 8 N–H and O–H groups in total. The summed E-state index contributed by atoms with van der Waals surface area (Å²) in [5.74, 6) is -1.73. The average Bonchev–Trinajstić information content (AvgIpc) is 4.11. The summed E-state index contributed by atoms with van der Waals surface area (Å²) in [6.45, 7) is 5.25. The van der Waals surface area contributed by atoms with Crippen LogP contribution in [0.1, 0.15) is 77.1 Å². The number of hydrogen-bond donors (Lipinski definition) is 5. The number of likely N-dealkylation sites (N-methyl/N-ethyl adjacent to an activating group) is 2. The standard InChI is InChI=1S/C23H28ClN3O2.C12H18ClN3O.C11H12O2.CH4/c1-23(17-7-5-4-6-8-17)13-19(23)22(29)26-14-18(27(2)3)11-15-9-10-16(21(25)28)12-20(15)24;1-16(2)10(7-14)5-8-3-4-9(12(15)17)6-11(8)13;1-11(7-9(11)10(12)13)8-5-3-2-4-6-8;/h4-10,12,18-19H,11,13-14H2,1-3H3,(H2,25,28)(H,26,29);3-4,6,10H,5,7,14H2,1-2H3,(H2,15,17);2-6,9H,7H2,1H3,(H,12,13);1H4/t18-,19-,23+;10-;9-,11+;/m000./s1. The maximum Gasteiger partial charge on any atom is 0.307 e. The molecular weight excluding hydrogens is 799 g/mol. The number of nitrogens with two attached hydrogens (primary N) is 3. The fourth-order valence-corrected chi connectivity index (χ4v) is 7.76. The maximum absolute atomic E-state index is 12.8. The summed E-state index contributed by atoms with van der Waals surface area (Å²) in [5, 5.41) is 13.0. The summed E-state index contributed by atoms with van der Waals surface area (Å²) < 4.78 is 0. The number of amides is 3. The van der Waals surface area contributed by atoms with Gasteiger partial charge in [-0.05, 0) is 100 Å². The molecule has 0 heterocycles. The summed E-state index contributed by atoms with van der Waals surface area (Å²) in [7, 11) is 7.91. The Morgan fingerprint density at radius 3 is 1.45 bits per heavy atom. The zero-order valence-corrected chi connectivity index (χ0v) is 36.3. The number of nitrogens with one attached hydrogen (secondary N) is 1. The third-order valence-corrected chi connectivity index (χ3v) is 12.5. The molecule has 0 bridgehead atoms. The topological polar surface area (TPSA) is 185 Å². The van der Waals surface area contributed by atoms with Crippen LogP contribution < -0.4 is 22.5 Å². The number of carboxylic acids is 1. The first kappa shape index (κ1) is 49.6. The highest BCUT2D eigenvalue weighted by Crippen LogP contribution is 2.54. The first-order chi connectivity index (χ1) is 27.8. The van der Waals surface area contributed by atoms with Gasteiger partial charge in [-0.2, -0.15) is 0 Å². The predicted octanol–water partition coefficient (Wildman–Crippen LogP) is 6.56. The third kappa shape index (κ3) is 12.9. The van der Waals surface area contributed by atoms with Crippen LogP contribution in [0.15, 0.2) is 97.1 Å². The number of hydrogen-bond acceptors (Lipinski definition) is 7. The number of carbonyl (C=O) groups excluding carboxylic acids is 3. The number of primary amides is 2. The lowest BCUT2D eigenvalue weighted by Crippen LogP contribution is -2.42. The zero-order chi connectivity index (χ0) is 43.7. The van der Waals surface area contributed by atoms with Crippen molar-refractivity contribution in [1.29, 1.82) is 0 Å². The number of carbonyl (C=O) groups is 4. The smallest absolute Gasteiger partial charge is 0.307 e. The van der Waals surface area contributed by atoms with Gasteiger partial charge >= 0.3 is 5.97 Å². The number of halogens is 2. The Kier molecular flexibility index (Phi) is 17.9. The number of benzene rings is 4. The Morgan fingerprint density at radius 1 is 0.700 bits per heavy atom. The van der Waals surface area contributed by atoms with E-state index in [0.29, 0.717) is 40.7 Å². The van der Waals surface area contributed by atoms with Crippen LogP contribution in [0.2, 0.25) is 10.0 Å². The summed E-state index contributed by atoms with van der Waals surface area (Å²) in [6.07, 6.45) is 3.05. The van der Waals surface area contributed by atoms with E-state index in [-0.39, 0.29) is 48.1 Å². The van der Waals surface area contributed by atoms with Gasteiger partial charge in [0.05, 0.1) is 5.92 Å². The maximum atomic E-state index is 12.8. The van der Waals surface area contributed by atoms with Crippen molar-refractivity contribution in [3.8, 4) is 0 Å². The van der Waals surface area contributed by atoms with Crippen molar-refractivity contribution in [2.75, 3.05) is 41.3 Å². The second-order valence-electron chi connectivity index (χ2n) is 16.4. The molecule has 0 saturated heterocycles. The molecule has 3 amide bonds. The van der Waals surface area contributed by atoms with E-state index in [1.54, 1.807) is 24.3 Å². The molecule has 0 aliphatic heterocycles. The highest BCUT2D eigenvalue weighted by molar-refractivity contribution is 6.32. The monoisotopic (exact) mass is 860 g/mol. The Bertz CT molecular complexity index is 2090. The molecule has 4 aromatic carbocycles. The van der Waals surface area contributed by atoms with E-state index in [1.165, 1.54) is 5.56 Å². The molecule has 0 aromatic heterocycles. The fourth-order valence-electron chi connectivity index (χ4n) is 7.24. The summed E-state index contributed by atoms with van der Waals surface area (Å²) >= 11 is 12.4. The van der Waals surface area contributed by atoms with Gasteiger partial charge in [0.2, 0.25) is 17.7 Å². The molecule has 11 nitrogen and oxygen atoms in total. The highest BCUT2D eigenvalue weighted by Gasteiger charge is 2.56. The van der Waals surface area contributed by atoms with Gasteiger partial charge in [0.1, 0.15) is 0 Å². The van der Waals surface area contributed by atoms with Crippen molar-refractivity contribution in [2.24, 2.45) is 29.0 Å². The molecule has 0 unspecified atom stereocenters. The predicted molar refractivity (Wildman–Crippen MR) is 243 cm³/mol. The zero-order valence-electron chi connectivity index (χ0n) is 34.8. The molecule has 2 saturated carbocycles. The second-order valence-corrected chi connectivity index (χ2v) is 17.2. The molecule has 2 aliphatic rings. The molecule has 0 spiro atoms. The van der Waals surface area contributed by atoms with Crippen molar-refractivity contribution in [3.05, 3.63) is 140 Å². The molecule has 2 aliphatic carbocycles. The van der Waals surface area contributed by atoms with Gasteiger partial charge in [-0.25, -0.2) is 0 Å². The van der Waals surface area contributed by atoms with Crippen LogP contribution in [0.4, 0.5) is 0 Å². The van der Waals surface area contributed by atoms with Crippen molar-refractivity contribution in [2.45, 2.75) is 69.9 Å². The molecule has 4 aromatic rings. The van der Waals surface area contributed by atoms with E-state index in [9.17, 15) is 19.2 Å². The van der Waals surface area contributed by atoms with Crippen LogP contribution in [-0.4, -0.2) is 92.0 Å². The van der Waals surface area contributed by atoms with Gasteiger partial charge in [0, 0.05) is 63.1 Å². The first-order valence-corrected chi connectivity index (χ1v) is 20.4. The largest absolute Gasteiger partial charge is 0.481 e. The number of carboxylic acid groups (broad SMARTS) is 1. The Balaban J connectivity index is 0.000000262. The number of rotatable bonds is 15. The van der Waals surface area contributed by atoms with Gasteiger partial charge in [0.15, 0.2) is 0 Å². The third-order valence-electron chi connectivity index (χ3n) is 11.8. The molecule has 324 valence electrons. The molecule has 13 heteroatoms. The van der Waals surface area contributed by atoms with Gasteiger partial charge < -0.3 is 37.4 Å². The highest BCUT2D eigenvalue weighted by atomic mass is 35.5. The van der Waals surface area contributed by atoms with Gasteiger partial charge in [0.25, 0.3) is 0 Å². The van der Waals surface area contributed by atoms with Crippen molar-refractivity contribution in [1.82, 2.24) is 15.1 Å². The molecule has 2 fully saturated rings. The van der Waals surface area contributed by atoms with E-state index in [1.807, 2.05) is 95.8 Å². The molecule has 60 heavy (non-hydrogen) atoms. The number of nitrogens with zero attached hydrogens (tertiary/aromatic N) is 2. The van der Waals surface area contributed by atoms with Crippen molar-refractivity contribution < 1.29 is 24.3 Å². The Morgan fingerprint density at radius 2 is 1.10 bits per heavy atom. The summed E-state index contributed by atoms with van der Waals surface area (Å²) in [4.78, 5) is 49.9. The Labute approximate surface area is 365 Å². The van der Waals surface area contributed by atoms with Crippen LogP contribution in [-0.2, 0) is 33.3 Å². The number of aliphatic carboxylic acids is 1. The van der Waals surface area contributed by atoms with E-state index >= 15 is 0 Å². The normalized spacial score (nSPS) is 20.9. The van der Waals surface area contributed by atoms with Gasteiger partial charge in [-0.3, -0.25) is 19.2 Å². The molecule has 6 rings (SSSR count). The minimum atomic E-state index is -0.675. The van der Waals surface area contributed by atoms with Crippen LogP contribution in [0.5, 0.6) is 0 Å². The van der Waals surface area contributed by atoms with Gasteiger partial charge in [-0.15, -0.1) is 0 Å². The molecule has 6 atom stereocenters. The van der Waals surface area contributed by atoms with Crippen LogP contribution in [0.25, 0.3) is 0 Å². The minimum Gasteiger partial charge on any atom is -0.481 e. The average molecular weight is 862 g/mol. The fraction of sp³-hybridized carbons (Fsp3) is 0.404. The second kappa shape index (κ2) is 21.7. The quantitative estimate of drug-likeness (QED) is 0.0890. The first-order valence-electron chi connectivity index (χ1n) is 19.6. The Hall–Kier alpha value is -4.78. The van der Waals surface area contributed by atoms with E-state index in [4.69, 9.17) is 45.5 Å². The molecule has 0 radical (unpaired) electrons. The lowest BCUT2D eigenvalue weighted by atomic mass is 9.95. The van der Waals surface area contributed by atoms with Crippen molar-refractivity contribution in [3.63, 3.8) is 0 Å². The van der Waals surface area contributed by atoms with E-state index in [0.717, 1.165) is 36.0 Å². The lowest BCUT2D eigenvalue weighted by molar-refractivity contribution is -0.139. The molecular formula is C47H62Cl2N6O5. The van der Waals surface area contributed by atoms with Crippen molar-refractivity contribution >= 4 is 46.9 Å².